The monoisotopic (exact) mass is 252 g/mol. The van der Waals surface area contributed by atoms with Crippen molar-refractivity contribution in [2.75, 3.05) is 6.54 Å². The number of nitrogens with one attached hydrogen (secondary N) is 1. The van der Waals surface area contributed by atoms with Crippen LogP contribution in [0.1, 0.15) is 47.0 Å². The summed E-state index contributed by atoms with van der Waals surface area (Å²) >= 11 is 0. The third kappa shape index (κ3) is 3.84. The molecule has 0 saturated carbocycles. The van der Waals surface area contributed by atoms with E-state index in [-0.39, 0.29) is 6.04 Å². The molecule has 1 rings (SSSR count). The van der Waals surface area contributed by atoms with Crippen LogP contribution in [0.15, 0.2) is 12.3 Å². The minimum absolute atomic E-state index is 0.117. The number of carbonyl (C=O) groups is 1. The van der Waals surface area contributed by atoms with Crippen LogP contribution in [0.4, 0.5) is 0 Å². The summed E-state index contributed by atoms with van der Waals surface area (Å²) in [5.74, 6) is 0.301. The van der Waals surface area contributed by atoms with E-state index >= 15 is 0 Å². The van der Waals surface area contributed by atoms with Crippen molar-refractivity contribution in [1.29, 1.82) is 0 Å². The normalized spacial score (nSPS) is 23.1. The van der Waals surface area contributed by atoms with Crippen molar-refractivity contribution in [2.24, 2.45) is 5.92 Å². The Morgan fingerprint density at radius 3 is 2.50 bits per heavy atom. The fraction of sp³-hybridized carbons (Fsp3) is 0.800. The van der Waals surface area contributed by atoms with Crippen molar-refractivity contribution in [3.8, 4) is 0 Å². The molecule has 0 amide bonds. The molecule has 2 unspecified atom stereocenters. The number of likely N-dealkylation sites (tertiary alicyclic amines) is 1. The van der Waals surface area contributed by atoms with Crippen molar-refractivity contribution in [2.45, 2.75) is 65.1 Å². The van der Waals surface area contributed by atoms with E-state index < -0.39 is 0 Å². The number of aldehydes is 1. The molecule has 1 aliphatic heterocycles. The Hall–Kier alpha value is -0.830. The van der Waals surface area contributed by atoms with Gasteiger partial charge in [-0.25, -0.2) is 0 Å². The average molecular weight is 252 g/mol. The minimum atomic E-state index is -0.117. The van der Waals surface area contributed by atoms with Crippen LogP contribution in [0, 0.1) is 5.92 Å². The van der Waals surface area contributed by atoms with Crippen LogP contribution < -0.4 is 5.32 Å². The number of nitrogens with zero attached hydrogens (tertiary/aromatic N) is 1. The molecule has 18 heavy (non-hydrogen) atoms. The quantitative estimate of drug-likeness (QED) is 0.737. The number of carbonyl (C=O) groups excluding carboxylic acids is 1. The number of rotatable bonds is 6. The highest BCUT2D eigenvalue weighted by molar-refractivity contribution is 5.58. The zero-order chi connectivity index (χ0) is 13.7. The summed E-state index contributed by atoms with van der Waals surface area (Å²) < 4.78 is 0. The summed E-state index contributed by atoms with van der Waals surface area (Å²) in [6, 6.07) is 0.788. The first-order chi connectivity index (χ1) is 8.47. The second-order valence-corrected chi connectivity index (χ2v) is 5.92. The lowest BCUT2D eigenvalue weighted by Crippen LogP contribution is -2.49. The lowest BCUT2D eigenvalue weighted by molar-refractivity contribution is -0.110. The molecule has 1 heterocycles. The van der Waals surface area contributed by atoms with E-state index in [1.54, 1.807) is 0 Å². The molecule has 0 radical (unpaired) electrons. The van der Waals surface area contributed by atoms with Gasteiger partial charge in [0.15, 0.2) is 0 Å². The molecule has 0 aromatic rings. The van der Waals surface area contributed by atoms with Gasteiger partial charge in [-0.3, -0.25) is 4.90 Å². The van der Waals surface area contributed by atoms with E-state index in [4.69, 9.17) is 0 Å². The maximum atomic E-state index is 11.1. The van der Waals surface area contributed by atoms with Gasteiger partial charge in [0.25, 0.3) is 0 Å². The summed E-state index contributed by atoms with van der Waals surface area (Å²) in [6.07, 6.45) is 4.66. The lowest BCUT2D eigenvalue weighted by atomic mass is 9.96. The molecule has 1 aliphatic rings. The highest BCUT2D eigenvalue weighted by Crippen LogP contribution is 2.23. The van der Waals surface area contributed by atoms with Gasteiger partial charge < -0.3 is 10.1 Å². The van der Waals surface area contributed by atoms with Crippen LogP contribution in [0.2, 0.25) is 0 Å². The second-order valence-electron chi connectivity index (χ2n) is 5.92. The Morgan fingerprint density at radius 2 is 2.00 bits per heavy atom. The van der Waals surface area contributed by atoms with E-state index in [0.717, 1.165) is 24.9 Å². The van der Waals surface area contributed by atoms with E-state index in [0.29, 0.717) is 18.0 Å². The van der Waals surface area contributed by atoms with Crippen LogP contribution in [0.3, 0.4) is 0 Å². The van der Waals surface area contributed by atoms with Crippen LogP contribution in [-0.2, 0) is 4.79 Å². The molecule has 2 atom stereocenters. The highest BCUT2D eigenvalue weighted by Gasteiger charge is 2.27. The molecular formula is C15H28N2O. The van der Waals surface area contributed by atoms with E-state index in [9.17, 15) is 4.79 Å². The summed E-state index contributed by atoms with van der Waals surface area (Å²) in [4.78, 5) is 13.6. The summed E-state index contributed by atoms with van der Waals surface area (Å²) in [7, 11) is 0. The third-order valence-corrected chi connectivity index (χ3v) is 3.83. The zero-order valence-corrected chi connectivity index (χ0v) is 12.3. The predicted octanol–water partition coefficient (Wildman–Crippen LogP) is 2.58. The molecule has 1 N–H and O–H groups in total. The number of hydrogen-bond donors (Lipinski definition) is 1. The van der Waals surface area contributed by atoms with Crippen molar-refractivity contribution in [1.82, 2.24) is 10.2 Å². The fourth-order valence-electron chi connectivity index (χ4n) is 2.61. The molecule has 0 aromatic carbocycles. The Labute approximate surface area is 112 Å². The smallest absolute Gasteiger partial charge is 0.142 e. The molecule has 3 heteroatoms. The van der Waals surface area contributed by atoms with Gasteiger partial charge in [0.05, 0.1) is 6.04 Å². The number of hydrogen-bond acceptors (Lipinski definition) is 3. The lowest BCUT2D eigenvalue weighted by Gasteiger charge is -2.40. The molecule has 1 saturated heterocycles. The molecule has 3 nitrogen and oxygen atoms in total. The van der Waals surface area contributed by atoms with Crippen molar-refractivity contribution in [3.63, 3.8) is 0 Å². The molecule has 0 aliphatic carbocycles. The topological polar surface area (TPSA) is 32.3 Å². The Bertz CT molecular complexity index is 286. The highest BCUT2D eigenvalue weighted by atomic mass is 16.1. The second kappa shape index (κ2) is 6.93. The first-order valence-electron chi connectivity index (χ1n) is 7.13. The van der Waals surface area contributed by atoms with E-state index in [2.05, 4.69) is 44.5 Å². The van der Waals surface area contributed by atoms with Gasteiger partial charge >= 0.3 is 0 Å². The van der Waals surface area contributed by atoms with E-state index in [1.807, 2.05) is 0 Å². The number of piperidine rings is 1. The third-order valence-electron chi connectivity index (χ3n) is 3.83. The van der Waals surface area contributed by atoms with Gasteiger partial charge in [0, 0.05) is 17.8 Å². The summed E-state index contributed by atoms with van der Waals surface area (Å²) in [5.41, 5.74) is 1.01. The van der Waals surface area contributed by atoms with Crippen LogP contribution in [-0.4, -0.2) is 35.9 Å². The van der Waals surface area contributed by atoms with Crippen LogP contribution in [0.5, 0.6) is 0 Å². The molecule has 0 bridgehead atoms. The van der Waals surface area contributed by atoms with Crippen molar-refractivity contribution in [3.05, 3.63) is 12.3 Å². The molecule has 104 valence electrons. The molecule has 1 fully saturated rings. The molecule has 0 aromatic heterocycles. The van der Waals surface area contributed by atoms with Crippen molar-refractivity contribution < 1.29 is 4.79 Å². The van der Waals surface area contributed by atoms with Gasteiger partial charge in [-0.1, -0.05) is 26.8 Å². The first-order valence-corrected chi connectivity index (χ1v) is 7.13. The van der Waals surface area contributed by atoms with Gasteiger partial charge in [0.2, 0.25) is 0 Å². The molecule has 0 spiro atoms. The summed E-state index contributed by atoms with van der Waals surface area (Å²) in [6.45, 7) is 13.9. The zero-order valence-electron chi connectivity index (χ0n) is 12.3. The average Bonchev–Trinajstić information content (AvgIpc) is 2.35. The minimum Gasteiger partial charge on any atom is -0.378 e. The first kappa shape index (κ1) is 15.2. The SMILES string of the molecule is C=C(NC(C=O)C(C)C)C1CCCCN1C(C)C. The van der Waals surface area contributed by atoms with Gasteiger partial charge in [-0.05, 0) is 39.2 Å². The Morgan fingerprint density at radius 1 is 1.33 bits per heavy atom. The Kier molecular flexibility index (Phi) is 5.86. The summed E-state index contributed by atoms with van der Waals surface area (Å²) in [5, 5.41) is 3.32. The maximum Gasteiger partial charge on any atom is 0.142 e. The van der Waals surface area contributed by atoms with E-state index in [1.165, 1.54) is 12.8 Å². The Balaban J connectivity index is 2.65. The van der Waals surface area contributed by atoms with Crippen molar-refractivity contribution >= 4 is 6.29 Å². The fourth-order valence-corrected chi connectivity index (χ4v) is 2.61. The molecular weight excluding hydrogens is 224 g/mol. The predicted molar refractivity (Wildman–Crippen MR) is 76.4 cm³/mol. The largest absolute Gasteiger partial charge is 0.378 e. The van der Waals surface area contributed by atoms with Gasteiger partial charge in [-0.15, -0.1) is 0 Å². The van der Waals surface area contributed by atoms with Crippen LogP contribution in [0.25, 0.3) is 0 Å². The van der Waals surface area contributed by atoms with Crippen LogP contribution >= 0.6 is 0 Å². The maximum absolute atomic E-state index is 11.1. The standard InChI is InChI=1S/C15H28N2O/c1-11(2)14(10-18)16-13(5)15-8-6-7-9-17(15)12(3)4/h10-12,14-16H,5-9H2,1-4H3. The van der Waals surface area contributed by atoms with Gasteiger partial charge in [-0.2, -0.15) is 0 Å². The van der Waals surface area contributed by atoms with Gasteiger partial charge in [0.1, 0.15) is 6.29 Å².